The molecule has 2 nitrogen and oxygen atoms in total. The van der Waals surface area contributed by atoms with Gasteiger partial charge in [0.15, 0.2) is 5.90 Å². The molecule has 1 rings (SSSR count). The lowest BCUT2D eigenvalue weighted by Gasteiger charge is -2.08. The molecule has 0 bridgehead atoms. The van der Waals surface area contributed by atoms with Gasteiger partial charge in [0.05, 0.1) is 7.11 Å². The predicted molar refractivity (Wildman–Crippen MR) is 41.2 cm³/mol. The van der Waals surface area contributed by atoms with Gasteiger partial charge in [-0.15, -0.1) is 0 Å². The third-order valence-corrected chi connectivity index (χ3v) is 2.29. The van der Waals surface area contributed by atoms with Crippen LogP contribution < -0.4 is 0 Å². The molecule has 0 heterocycles. The molecule has 1 N–H and O–H groups in total. The molecule has 1 aliphatic carbocycles. The minimum Gasteiger partial charge on any atom is -0.484 e. The van der Waals surface area contributed by atoms with Crippen LogP contribution in [0.1, 0.15) is 26.2 Å². The average Bonchev–Trinajstić information content (AvgIpc) is 2.34. The first kappa shape index (κ1) is 7.58. The van der Waals surface area contributed by atoms with E-state index in [0.29, 0.717) is 11.8 Å². The molecule has 0 aliphatic heterocycles. The van der Waals surface area contributed by atoms with E-state index in [1.54, 1.807) is 7.11 Å². The molecule has 2 unspecified atom stereocenters. The second kappa shape index (κ2) is 3.04. The molecule has 0 spiro atoms. The van der Waals surface area contributed by atoms with Gasteiger partial charge in [-0.25, -0.2) is 0 Å². The second-order valence-corrected chi connectivity index (χ2v) is 3.18. The SMILES string of the molecule is COC(=N)C1CCC(C)C1. The first-order valence-electron chi connectivity index (χ1n) is 3.86. The summed E-state index contributed by atoms with van der Waals surface area (Å²) in [5.74, 6) is 1.69. The minimum absolute atomic E-state index is 0.417. The van der Waals surface area contributed by atoms with E-state index < -0.39 is 0 Å². The molecular formula is C8H15NO. The van der Waals surface area contributed by atoms with Crippen molar-refractivity contribution >= 4 is 5.90 Å². The molecule has 0 saturated heterocycles. The van der Waals surface area contributed by atoms with E-state index >= 15 is 0 Å². The van der Waals surface area contributed by atoms with Crippen LogP contribution in [0.5, 0.6) is 0 Å². The molecule has 2 heteroatoms. The molecule has 0 amide bonds. The van der Waals surface area contributed by atoms with Crippen molar-refractivity contribution in [3.05, 3.63) is 0 Å². The largest absolute Gasteiger partial charge is 0.484 e. The van der Waals surface area contributed by atoms with Crippen LogP contribution in [0.3, 0.4) is 0 Å². The Bertz CT molecular complexity index is 133. The summed E-state index contributed by atoms with van der Waals surface area (Å²) in [5.41, 5.74) is 0. The van der Waals surface area contributed by atoms with E-state index in [9.17, 15) is 0 Å². The zero-order valence-corrected chi connectivity index (χ0v) is 6.68. The molecule has 10 heavy (non-hydrogen) atoms. The highest BCUT2D eigenvalue weighted by atomic mass is 16.5. The zero-order chi connectivity index (χ0) is 7.56. The van der Waals surface area contributed by atoms with Gasteiger partial charge in [-0.3, -0.25) is 5.41 Å². The lowest BCUT2D eigenvalue weighted by atomic mass is 10.1. The summed E-state index contributed by atoms with van der Waals surface area (Å²) < 4.78 is 4.87. The highest BCUT2D eigenvalue weighted by Crippen LogP contribution is 2.30. The smallest absolute Gasteiger partial charge is 0.183 e. The first-order chi connectivity index (χ1) is 4.74. The Labute approximate surface area is 62.1 Å². The second-order valence-electron chi connectivity index (χ2n) is 3.18. The number of nitrogens with one attached hydrogen (secondary N) is 1. The lowest BCUT2D eigenvalue weighted by molar-refractivity contribution is 0.359. The zero-order valence-electron chi connectivity index (χ0n) is 6.68. The average molecular weight is 141 g/mol. The topological polar surface area (TPSA) is 33.1 Å². The fraction of sp³-hybridized carbons (Fsp3) is 0.875. The van der Waals surface area contributed by atoms with Crippen LogP contribution in [-0.2, 0) is 4.74 Å². The molecule has 0 aromatic rings. The Morgan fingerprint density at radius 2 is 2.20 bits per heavy atom. The predicted octanol–water partition coefficient (Wildman–Crippen LogP) is 2.05. The van der Waals surface area contributed by atoms with Crippen molar-refractivity contribution in [2.45, 2.75) is 26.2 Å². The summed E-state index contributed by atoms with van der Waals surface area (Å²) in [7, 11) is 1.59. The number of methoxy groups -OCH3 is 1. The van der Waals surface area contributed by atoms with Gasteiger partial charge >= 0.3 is 0 Å². The first-order valence-corrected chi connectivity index (χ1v) is 3.86. The Kier molecular flexibility index (Phi) is 2.30. The number of ether oxygens (including phenoxy) is 1. The van der Waals surface area contributed by atoms with Crippen LogP contribution in [0.25, 0.3) is 0 Å². The van der Waals surface area contributed by atoms with Gasteiger partial charge in [-0.1, -0.05) is 6.92 Å². The van der Waals surface area contributed by atoms with Gasteiger partial charge in [0.25, 0.3) is 0 Å². The summed E-state index contributed by atoms with van der Waals surface area (Å²) in [6, 6.07) is 0. The van der Waals surface area contributed by atoms with Crippen molar-refractivity contribution in [1.82, 2.24) is 0 Å². The van der Waals surface area contributed by atoms with Crippen molar-refractivity contribution in [2.24, 2.45) is 11.8 Å². The van der Waals surface area contributed by atoms with E-state index in [1.807, 2.05) is 0 Å². The van der Waals surface area contributed by atoms with E-state index in [2.05, 4.69) is 6.92 Å². The van der Waals surface area contributed by atoms with Gasteiger partial charge in [0, 0.05) is 5.92 Å². The van der Waals surface area contributed by atoms with Gasteiger partial charge in [-0.05, 0) is 25.2 Å². The van der Waals surface area contributed by atoms with Crippen molar-refractivity contribution < 1.29 is 4.74 Å². The highest BCUT2D eigenvalue weighted by molar-refractivity contribution is 5.75. The summed E-state index contributed by atoms with van der Waals surface area (Å²) in [6.45, 7) is 2.24. The van der Waals surface area contributed by atoms with Crippen LogP contribution in [0.4, 0.5) is 0 Å². The van der Waals surface area contributed by atoms with Crippen molar-refractivity contribution in [3.8, 4) is 0 Å². The Balaban J connectivity index is 2.37. The summed E-state index contributed by atoms with van der Waals surface area (Å²) in [5, 5.41) is 7.40. The van der Waals surface area contributed by atoms with Gasteiger partial charge in [0.1, 0.15) is 0 Å². The normalized spacial score (nSPS) is 32.2. The lowest BCUT2D eigenvalue weighted by Crippen LogP contribution is -2.11. The van der Waals surface area contributed by atoms with E-state index in [0.717, 1.165) is 18.8 Å². The van der Waals surface area contributed by atoms with E-state index in [-0.39, 0.29) is 0 Å². The Hall–Kier alpha value is -0.530. The number of hydrogen-bond donors (Lipinski definition) is 1. The molecule has 2 atom stereocenters. The van der Waals surface area contributed by atoms with Gasteiger partial charge in [-0.2, -0.15) is 0 Å². The standard InChI is InChI=1S/C8H15NO/c1-6-3-4-7(5-6)8(9)10-2/h6-7,9H,3-5H2,1-2H3. The molecular weight excluding hydrogens is 126 g/mol. The fourth-order valence-electron chi connectivity index (χ4n) is 1.61. The maximum Gasteiger partial charge on any atom is 0.183 e. The number of hydrogen-bond acceptors (Lipinski definition) is 2. The van der Waals surface area contributed by atoms with Crippen molar-refractivity contribution in [3.63, 3.8) is 0 Å². The molecule has 0 radical (unpaired) electrons. The highest BCUT2D eigenvalue weighted by Gasteiger charge is 2.25. The van der Waals surface area contributed by atoms with E-state index in [1.165, 1.54) is 6.42 Å². The van der Waals surface area contributed by atoms with Gasteiger partial charge < -0.3 is 4.74 Å². The summed E-state index contributed by atoms with van der Waals surface area (Å²) in [4.78, 5) is 0. The third kappa shape index (κ3) is 1.49. The van der Waals surface area contributed by atoms with E-state index in [4.69, 9.17) is 10.1 Å². The third-order valence-electron chi connectivity index (χ3n) is 2.29. The molecule has 0 aromatic heterocycles. The fourth-order valence-corrected chi connectivity index (χ4v) is 1.61. The van der Waals surface area contributed by atoms with Crippen LogP contribution in [0, 0.1) is 17.2 Å². The Morgan fingerprint density at radius 1 is 1.50 bits per heavy atom. The maximum absolute atomic E-state index is 7.40. The summed E-state index contributed by atoms with van der Waals surface area (Å²) in [6.07, 6.45) is 3.55. The maximum atomic E-state index is 7.40. The minimum atomic E-state index is 0.417. The number of rotatable bonds is 1. The Morgan fingerprint density at radius 3 is 2.60 bits per heavy atom. The quantitative estimate of drug-likeness (QED) is 0.440. The molecule has 58 valence electrons. The van der Waals surface area contributed by atoms with Crippen LogP contribution in [0.2, 0.25) is 0 Å². The van der Waals surface area contributed by atoms with Crippen LogP contribution >= 0.6 is 0 Å². The molecule has 1 saturated carbocycles. The van der Waals surface area contributed by atoms with Gasteiger partial charge in [0.2, 0.25) is 0 Å². The van der Waals surface area contributed by atoms with Crippen molar-refractivity contribution in [2.75, 3.05) is 7.11 Å². The monoisotopic (exact) mass is 141 g/mol. The molecule has 0 aromatic carbocycles. The van der Waals surface area contributed by atoms with Crippen LogP contribution in [-0.4, -0.2) is 13.0 Å². The summed E-state index contributed by atoms with van der Waals surface area (Å²) >= 11 is 0. The molecule has 1 aliphatic rings. The molecule has 1 fully saturated rings. The van der Waals surface area contributed by atoms with Crippen molar-refractivity contribution in [1.29, 1.82) is 5.41 Å². The van der Waals surface area contributed by atoms with Crippen LogP contribution in [0.15, 0.2) is 0 Å².